The summed E-state index contributed by atoms with van der Waals surface area (Å²) in [6.45, 7) is -0.688. The lowest BCUT2D eigenvalue weighted by Crippen LogP contribution is -2.40. The molecular formula is C10H14N4O5S. The van der Waals surface area contributed by atoms with Gasteiger partial charge in [-0.3, -0.25) is 0 Å². The van der Waals surface area contributed by atoms with Crippen molar-refractivity contribution in [2.45, 2.75) is 18.3 Å². The second kappa shape index (κ2) is 7.77. The van der Waals surface area contributed by atoms with Gasteiger partial charge < -0.3 is 35.2 Å². The van der Waals surface area contributed by atoms with E-state index in [1.807, 2.05) is 0 Å². The molecule has 110 valence electrons. The molecule has 0 unspecified atom stereocenters. The maximum Gasteiger partial charge on any atom is 0.159 e. The monoisotopic (exact) mass is 302 g/mol. The molecule has 2 aromatic heterocycles. The largest absolute Gasteiger partial charge is 0.394 e. The SMILES string of the molecule is O=C[C@H](O)[C@H](O)[C@H](O)CO.S=c1nc[nH]c2nc[nH]c12. The van der Waals surface area contributed by atoms with E-state index in [1.165, 1.54) is 6.33 Å². The Bertz CT molecular complexity index is 600. The van der Waals surface area contributed by atoms with Gasteiger partial charge in [0.25, 0.3) is 0 Å². The number of aromatic nitrogens is 4. The summed E-state index contributed by atoms with van der Waals surface area (Å²) >= 11 is 4.91. The van der Waals surface area contributed by atoms with E-state index in [1.54, 1.807) is 6.33 Å². The van der Waals surface area contributed by atoms with Crippen molar-refractivity contribution in [2.24, 2.45) is 0 Å². The fourth-order valence-electron chi connectivity index (χ4n) is 1.20. The molecule has 6 N–H and O–H groups in total. The van der Waals surface area contributed by atoms with Gasteiger partial charge in [-0.05, 0) is 0 Å². The van der Waals surface area contributed by atoms with E-state index in [-0.39, 0.29) is 6.29 Å². The van der Waals surface area contributed by atoms with Crippen LogP contribution in [0.4, 0.5) is 0 Å². The summed E-state index contributed by atoms with van der Waals surface area (Å²) in [6, 6.07) is 0. The summed E-state index contributed by atoms with van der Waals surface area (Å²) < 4.78 is 0.547. The van der Waals surface area contributed by atoms with E-state index in [0.29, 0.717) is 4.64 Å². The molecule has 2 aromatic rings. The highest BCUT2D eigenvalue weighted by molar-refractivity contribution is 7.71. The molecular weight excluding hydrogens is 288 g/mol. The zero-order chi connectivity index (χ0) is 15.1. The highest BCUT2D eigenvalue weighted by atomic mass is 32.1. The number of rotatable bonds is 4. The van der Waals surface area contributed by atoms with Gasteiger partial charge in [-0.25, -0.2) is 9.97 Å². The number of imidazole rings is 1. The molecule has 0 radical (unpaired) electrons. The standard InChI is InChI=1S/C5H4N4S.C5H10O5/c10-5-3-4(7-1-6-3)8-2-9-5;6-1-3(8)5(10)4(9)2-7/h1-2H,(H2,6,7,8,9,10);1,3-5,7-10H,2H2/t;3-,4+,5-/m.0/s1. The Morgan fingerprint density at radius 1 is 1.25 bits per heavy atom. The van der Waals surface area contributed by atoms with Crippen molar-refractivity contribution < 1.29 is 25.2 Å². The minimum atomic E-state index is -1.64. The molecule has 0 spiro atoms. The van der Waals surface area contributed by atoms with Gasteiger partial charge in [0, 0.05) is 0 Å². The van der Waals surface area contributed by atoms with E-state index in [0.717, 1.165) is 11.2 Å². The molecule has 0 amide bonds. The molecule has 0 aliphatic rings. The van der Waals surface area contributed by atoms with Gasteiger partial charge in [0.2, 0.25) is 0 Å². The third-order valence-corrected chi connectivity index (χ3v) is 2.62. The molecule has 0 fully saturated rings. The minimum absolute atomic E-state index is 0.0869. The quantitative estimate of drug-likeness (QED) is 0.288. The molecule has 2 heterocycles. The first-order chi connectivity index (χ1) is 9.51. The number of nitrogens with zero attached hydrogens (tertiary/aromatic N) is 2. The Balaban J connectivity index is 0.000000200. The maximum atomic E-state index is 9.76. The molecule has 0 bridgehead atoms. The molecule has 0 saturated carbocycles. The van der Waals surface area contributed by atoms with Gasteiger partial charge in [0.05, 0.1) is 19.3 Å². The number of hydrogen-bond acceptors (Lipinski definition) is 8. The number of carbonyl (C=O) groups is 1. The van der Waals surface area contributed by atoms with Crippen LogP contribution in [0.3, 0.4) is 0 Å². The van der Waals surface area contributed by atoms with Crippen molar-refractivity contribution in [2.75, 3.05) is 6.61 Å². The number of aliphatic hydroxyl groups excluding tert-OH is 4. The average molecular weight is 302 g/mol. The van der Waals surface area contributed by atoms with Crippen LogP contribution in [0.15, 0.2) is 12.7 Å². The van der Waals surface area contributed by atoms with Crippen molar-refractivity contribution in [3.05, 3.63) is 17.3 Å². The van der Waals surface area contributed by atoms with E-state index < -0.39 is 24.9 Å². The summed E-state index contributed by atoms with van der Waals surface area (Å²) in [5.74, 6) is 0. The van der Waals surface area contributed by atoms with Crippen LogP contribution in [0.2, 0.25) is 0 Å². The van der Waals surface area contributed by atoms with Crippen LogP contribution in [-0.2, 0) is 4.79 Å². The number of aldehydes is 1. The predicted octanol–water partition coefficient (Wildman–Crippen LogP) is -1.72. The van der Waals surface area contributed by atoms with Gasteiger partial charge >= 0.3 is 0 Å². The van der Waals surface area contributed by atoms with E-state index >= 15 is 0 Å². The van der Waals surface area contributed by atoms with Gasteiger partial charge in [-0.2, -0.15) is 0 Å². The lowest BCUT2D eigenvalue weighted by atomic mass is 10.1. The van der Waals surface area contributed by atoms with Crippen molar-refractivity contribution in [1.29, 1.82) is 0 Å². The van der Waals surface area contributed by atoms with Crippen LogP contribution in [0, 0.1) is 4.64 Å². The second-order valence-corrected chi connectivity index (χ2v) is 4.09. The van der Waals surface area contributed by atoms with Crippen LogP contribution in [0.5, 0.6) is 0 Å². The van der Waals surface area contributed by atoms with E-state index in [9.17, 15) is 4.79 Å². The molecule has 0 aliphatic heterocycles. The summed E-state index contributed by atoms with van der Waals surface area (Å²) in [5.41, 5.74) is 1.54. The number of carbonyl (C=O) groups excluding carboxylic acids is 1. The zero-order valence-electron chi connectivity index (χ0n) is 10.2. The van der Waals surface area contributed by atoms with Crippen LogP contribution in [0.25, 0.3) is 11.2 Å². The van der Waals surface area contributed by atoms with Gasteiger partial charge in [0.1, 0.15) is 23.8 Å². The summed E-state index contributed by atoms with van der Waals surface area (Å²) in [5, 5.41) is 34.1. The van der Waals surface area contributed by atoms with E-state index in [2.05, 4.69) is 19.9 Å². The molecule has 20 heavy (non-hydrogen) atoms. The lowest BCUT2D eigenvalue weighted by Gasteiger charge is -2.16. The first-order valence-corrected chi connectivity index (χ1v) is 5.89. The fraction of sp³-hybridized carbons (Fsp3) is 0.400. The molecule has 10 heteroatoms. The van der Waals surface area contributed by atoms with Crippen LogP contribution in [0.1, 0.15) is 0 Å². The number of H-pyrrole nitrogens is 2. The Morgan fingerprint density at radius 3 is 2.45 bits per heavy atom. The zero-order valence-corrected chi connectivity index (χ0v) is 11.0. The maximum absolute atomic E-state index is 9.76. The number of aromatic amines is 2. The minimum Gasteiger partial charge on any atom is -0.394 e. The molecule has 3 atom stereocenters. The first kappa shape index (κ1) is 16.3. The van der Waals surface area contributed by atoms with Gasteiger partial charge in [-0.1, -0.05) is 12.2 Å². The lowest BCUT2D eigenvalue weighted by molar-refractivity contribution is -0.127. The number of nitrogens with one attached hydrogen (secondary N) is 2. The highest BCUT2D eigenvalue weighted by Gasteiger charge is 2.22. The third-order valence-electron chi connectivity index (χ3n) is 2.31. The molecule has 0 aliphatic carbocycles. The number of aliphatic hydroxyl groups is 4. The third kappa shape index (κ3) is 4.15. The smallest absolute Gasteiger partial charge is 0.159 e. The Kier molecular flexibility index (Phi) is 6.35. The summed E-state index contributed by atoms with van der Waals surface area (Å²) in [6.07, 6.45) is -1.52. The van der Waals surface area contributed by atoms with Gasteiger partial charge in [0.15, 0.2) is 16.6 Å². The van der Waals surface area contributed by atoms with Crippen LogP contribution < -0.4 is 0 Å². The van der Waals surface area contributed by atoms with E-state index in [4.69, 9.17) is 32.6 Å². The molecule has 0 saturated heterocycles. The van der Waals surface area contributed by atoms with Crippen molar-refractivity contribution >= 4 is 29.7 Å². The Hall–Kier alpha value is -1.72. The van der Waals surface area contributed by atoms with Crippen molar-refractivity contribution in [3.63, 3.8) is 0 Å². The fourth-order valence-corrected chi connectivity index (χ4v) is 1.41. The molecule has 9 nitrogen and oxygen atoms in total. The van der Waals surface area contributed by atoms with Crippen LogP contribution >= 0.6 is 12.2 Å². The topological polar surface area (TPSA) is 155 Å². The summed E-state index contributed by atoms with van der Waals surface area (Å²) in [7, 11) is 0. The predicted molar refractivity (Wildman–Crippen MR) is 70.2 cm³/mol. The highest BCUT2D eigenvalue weighted by Crippen LogP contribution is 2.02. The second-order valence-electron chi connectivity index (χ2n) is 3.70. The number of fused-ring (bicyclic) bond motifs is 1. The average Bonchev–Trinajstić information content (AvgIpc) is 2.95. The summed E-state index contributed by atoms with van der Waals surface area (Å²) in [4.78, 5) is 23.3. The van der Waals surface area contributed by atoms with Crippen LogP contribution in [-0.4, -0.2) is 71.6 Å². The first-order valence-electron chi connectivity index (χ1n) is 5.48. The molecule has 2 rings (SSSR count). The Labute approximate surface area is 118 Å². The van der Waals surface area contributed by atoms with Gasteiger partial charge in [-0.15, -0.1) is 0 Å². The van der Waals surface area contributed by atoms with Crippen molar-refractivity contribution in [3.8, 4) is 0 Å². The number of hydrogen-bond donors (Lipinski definition) is 6. The Morgan fingerprint density at radius 2 is 1.90 bits per heavy atom. The normalized spacial score (nSPS) is 15.0. The van der Waals surface area contributed by atoms with Crippen molar-refractivity contribution in [1.82, 2.24) is 19.9 Å². The molecule has 0 aromatic carbocycles.